The van der Waals surface area contributed by atoms with E-state index in [0.29, 0.717) is 30.7 Å². The van der Waals surface area contributed by atoms with Gasteiger partial charge >= 0.3 is 0 Å². The second kappa shape index (κ2) is 5.83. The third-order valence-electron chi connectivity index (χ3n) is 5.86. The van der Waals surface area contributed by atoms with E-state index in [-0.39, 0.29) is 17.7 Å². The molecule has 2 aliphatic rings. The number of rotatable bonds is 3. The molecule has 140 valence electrons. The Labute approximate surface area is 153 Å². The highest BCUT2D eigenvalue weighted by Gasteiger charge is 2.62. The van der Waals surface area contributed by atoms with Crippen molar-refractivity contribution in [2.75, 3.05) is 19.5 Å². The molecule has 1 aliphatic heterocycles. The van der Waals surface area contributed by atoms with E-state index >= 15 is 0 Å². The zero-order valence-electron chi connectivity index (χ0n) is 16.0. The molecule has 1 aromatic carbocycles. The monoisotopic (exact) mass is 358 g/mol. The molecule has 0 radical (unpaired) electrons. The molecule has 1 aliphatic carbocycles. The van der Waals surface area contributed by atoms with Gasteiger partial charge in [0.2, 0.25) is 17.7 Å². The van der Waals surface area contributed by atoms with Crippen LogP contribution in [0.15, 0.2) is 24.3 Å². The lowest BCUT2D eigenvalue weighted by Crippen LogP contribution is -2.63. The largest absolute Gasteiger partial charge is 0.497 e. The van der Waals surface area contributed by atoms with Crippen molar-refractivity contribution in [3.05, 3.63) is 24.3 Å². The topological polar surface area (TPSA) is 75.7 Å². The molecule has 2 unspecified atom stereocenters. The van der Waals surface area contributed by atoms with E-state index < -0.39 is 16.2 Å². The van der Waals surface area contributed by atoms with Crippen molar-refractivity contribution in [3.63, 3.8) is 0 Å². The van der Waals surface area contributed by atoms with Gasteiger partial charge < -0.3 is 10.1 Å². The maximum absolute atomic E-state index is 13.1. The van der Waals surface area contributed by atoms with Gasteiger partial charge in [0.25, 0.3) is 0 Å². The van der Waals surface area contributed by atoms with Crippen molar-refractivity contribution in [2.45, 2.75) is 40.0 Å². The van der Waals surface area contributed by atoms with Crippen LogP contribution in [0.5, 0.6) is 5.75 Å². The number of imide groups is 1. The lowest BCUT2D eigenvalue weighted by atomic mass is 9.51. The Kier molecular flexibility index (Phi) is 4.13. The number of ether oxygens (including phenoxy) is 1. The van der Waals surface area contributed by atoms with Gasteiger partial charge in [-0.2, -0.15) is 0 Å². The summed E-state index contributed by atoms with van der Waals surface area (Å²) in [6.45, 7) is 5.59. The minimum atomic E-state index is -0.808. The highest BCUT2D eigenvalue weighted by Crippen LogP contribution is 2.58. The van der Waals surface area contributed by atoms with Gasteiger partial charge in [-0.25, -0.2) is 0 Å². The zero-order chi connectivity index (χ0) is 19.3. The number of piperidine rings is 1. The smallest absolute Gasteiger partial charge is 0.234 e. The summed E-state index contributed by atoms with van der Waals surface area (Å²) in [5, 5.41) is 2.94. The first-order chi connectivity index (χ1) is 12.0. The normalized spacial score (nSPS) is 33.8. The average molecular weight is 358 g/mol. The Morgan fingerprint density at radius 1 is 1.08 bits per heavy atom. The Morgan fingerprint density at radius 3 is 2.19 bits per heavy atom. The predicted octanol–water partition coefficient (Wildman–Crippen LogP) is 2.84. The minimum absolute atomic E-state index is 0.173. The third-order valence-corrected chi connectivity index (χ3v) is 5.86. The van der Waals surface area contributed by atoms with Crippen LogP contribution in [0.4, 0.5) is 5.69 Å². The van der Waals surface area contributed by atoms with E-state index in [0.717, 1.165) is 0 Å². The van der Waals surface area contributed by atoms with Crippen LogP contribution in [0.25, 0.3) is 0 Å². The number of likely N-dealkylation sites (tertiary alicyclic amines) is 1. The van der Waals surface area contributed by atoms with Gasteiger partial charge in [0.05, 0.1) is 7.11 Å². The molecule has 2 bridgehead atoms. The summed E-state index contributed by atoms with van der Waals surface area (Å²) in [6, 6.07) is 7.15. The van der Waals surface area contributed by atoms with Gasteiger partial charge in [0.1, 0.15) is 5.75 Å². The maximum Gasteiger partial charge on any atom is 0.234 e. The molecule has 6 nitrogen and oxygen atoms in total. The Balaban J connectivity index is 1.90. The first-order valence-corrected chi connectivity index (χ1v) is 8.81. The molecule has 0 aromatic heterocycles. The molecule has 1 saturated carbocycles. The van der Waals surface area contributed by atoms with Crippen molar-refractivity contribution in [1.29, 1.82) is 0 Å². The maximum atomic E-state index is 13.1. The summed E-state index contributed by atoms with van der Waals surface area (Å²) in [5.74, 6) is 0.0904. The number of fused-ring (bicyclic) bond motifs is 2. The molecule has 2 fully saturated rings. The van der Waals surface area contributed by atoms with Gasteiger partial charge in [-0.15, -0.1) is 0 Å². The quantitative estimate of drug-likeness (QED) is 0.843. The molecular formula is C20H26N2O4. The summed E-state index contributed by atoms with van der Waals surface area (Å²) in [7, 11) is 3.11. The molecule has 0 spiro atoms. The number of hydrogen-bond acceptors (Lipinski definition) is 4. The number of carbonyl (C=O) groups is 3. The minimum Gasteiger partial charge on any atom is -0.497 e. The first kappa shape index (κ1) is 18.4. The summed E-state index contributed by atoms with van der Waals surface area (Å²) < 4.78 is 5.19. The average Bonchev–Trinajstić information content (AvgIpc) is 2.58. The van der Waals surface area contributed by atoms with E-state index in [2.05, 4.69) is 5.32 Å². The van der Waals surface area contributed by atoms with Crippen LogP contribution in [-0.2, 0) is 14.4 Å². The number of carbonyl (C=O) groups excluding carboxylic acids is 3. The SMILES string of the molecule is COc1cccc(NC(=O)C2(C)CC3(C)CC(C)(C2)C(=O)N(C)C3=O)c1. The highest BCUT2D eigenvalue weighted by atomic mass is 16.5. The highest BCUT2D eigenvalue weighted by molar-refractivity contribution is 6.05. The summed E-state index contributed by atoms with van der Waals surface area (Å²) in [4.78, 5) is 39.8. The fourth-order valence-corrected chi connectivity index (χ4v) is 5.12. The molecule has 1 aromatic rings. The Hall–Kier alpha value is -2.37. The molecule has 3 rings (SSSR count). The second-order valence-electron chi connectivity index (χ2n) is 8.57. The number of benzene rings is 1. The second-order valence-corrected chi connectivity index (χ2v) is 8.57. The third kappa shape index (κ3) is 2.77. The molecule has 1 saturated heterocycles. The van der Waals surface area contributed by atoms with Gasteiger partial charge in [-0.1, -0.05) is 26.8 Å². The number of methoxy groups -OCH3 is 1. The van der Waals surface area contributed by atoms with Gasteiger partial charge in [-0.3, -0.25) is 19.3 Å². The van der Waals surface area contributed by atoms with E-state index in [4.69, 9.17) is 4.74 Å². The number of anilines is 1. The fourth-order valence-electron chi connectivity index (χ4n) is 5.12. The van der Waals surface area contributed by atoms with E-state index in [1.165, 1.54) is 4.90 Å². The van der Waals surface area contributed by atoms with Crippen molar-refractivity contribution >= 4 is 23.4 Å². The summed E-state index contributed by atoms with van der Waals surface area (Å²) >= 11 is 0. The van der Waals surface area contributed by atoms with Gasteiger partial charge in [0.15, 0.2) is 0 Å². The molecule has 1 N–H and O–H groups in total. The number of nitrogens with one attached hydrogen (secondary N) is 1. The number of hydrogen-bond donors (Lipinski definition) is 1. The lowest BCUT2D eigenvalue weighted by Gasteiger charge is -2.55. The van der Waals surface area contributed by atoms with Crippen LogP contribution in [0.2, 0.25) is 0 Å². The van der Waals surface area contributed by atoms with Crippen LogP contribution in [-0.4, -0.2) is 36.8 Å². The standard InChI is InChI=1S/C20H26N2O4/c1-18(15(23)21-13-7-6-8-14(9-13)26-5)10-19(2)12-20(3,11-18)17(25)22(4)16(19)24/h6-9H,10-12H2,1-5H3,(H,21,23). The summed E-state index contributed by atoms with van der Waals surface area (Å²) in [6.07, 6.45) is 1.33. The van der Waals surface area contributed by atoms with Crippen LogP contribution >= 0.6 is 0 Å². The van der Waals surface area contributed by atoms with Crippen molar-refractivity contribution < 1.29 is 19.1 Å². The Bertz CT molecular complexity index is 760. The van der Waals surface area contributed by atoms with Crippen molar-refractivity contribution in [1.82, 2.24) is 4.90 Å². The molecule has 6 heteroatoms. The van der Waals surface area contributed by atoms with Crippen LogP contribution in [0.1, 0.15) is 40.0 Å². The fraction of sp³-hybridized carbons (Fsp3) is 0.550. The van der Waals surface area contributed by atoms with Crippen LogP contribution in [0, 0.1) is 16.2 Å². The molecule has 3 amide bonds. The van der Waals surface area contributed by atoms with E-state index in [9.17, 15) is 14.4 Å². The summed E-state index contributed by atoms with van der Waals surface area (Å²) in [5.41, 5.74) is -1.60. The van der Waals surface area contributed by atoms with Gasteiger partial charge in [-0.05, 0) is 31.4 Å². The van der Waals surface area contributed by atoms with Crippen molar-refractivity contribution in [3.8, 4) is 5.75 Å². The van der Waals surface area contributed by atoms with E-state index in [1.54, 1.807) is 38.4 Å². The lowest BCUT2D eigenvalue weighted by molar-refractivity contribution is -0.177. The molecule has 2 atom stereocenters. The zero-order valence-corrected chi connectivity index (χ0v) is 16.0. The van der Waals surface area contributed by atoms with Gasteiger partial charge in [0, 0.05) is 35.0 Å². The van der Waals surface area contributed by atoms with E-state index in [1.807, 2.05) is 20.8 Å². The number of nitrogens with zero attached hydrogens (tertiary/aromatic N) is 1. The Morgan fingerprint density at radius 2 is 1.65 bits per heavy atom. The van der Waals surface area contributed by atoms with Crippen LogP contribution in [0.3, 0.4) is 0 Å². The van der Waals surface area contributed by atoms with Crippen LogP contribution < -0.4 is 10.1 Å². The van der Waals surface area contributed by atoms with Crippen molar-refractivity contribution in [2.24, 2.45) is 16.2 Å². The first-order valence-electron chi connectivity index (χ1n) is 8.81. The predicted molar refractivity (Wildman–Crippen MR) is 97.6 cm³/mol. The molecule has 26 heavy (non-hydrogen) atoms. The molecule has 1 heterocycles. The number of amides is 3. The molecular weight excluding hydrogens is 332 g/mol.